The lowest BCUT2D eigenvalue weighted by Crippen LogP contribution is -2.02. The van der Waals surface area contributed by atoms with Crippen LogP contribution in [0, 0.1) is 6.92 Å². The van der Waals surface area contributed by atoms with Gasteiger partial charge in [0.05, 0.1) is 12.8 Å². The second-order valence-corrected chi connectivity index (χ2v) is 6.74. The summed E-state index contributed by atoms with van der Waals surface area (Å²) in [7, 11) is 3.45. The number of carbonyl (C=O) groups is 1. The van der Waals surface area contributed by atoms with E-state index in [0.29, 0.717) is 24.5 Å². The van der Waals surface area contributed by atoms with E-state index in [4.69, 9.17) is 4.74 Å². The predicted molar refractivity (Wildman–Crippen MR) is 108 cm³/mol. The summed E-state index contributed by atoms with van der Waals surface area (Å²) in [4.78, 5) is 25.1. The van der Waals surface area contributed by atoms with E-state index in [1.165, 1.54) is 0 Å². The van der Waals surface area contributed by atoms with Crippen molar-refractivity contribution in [1.29, 1.82) is 0 Å². The number of benzene rings is 1. The van der Waals surface area contributed by atoms with Crippen molar-refractivity contribution in [3.8, 4) is 17.0 Å². The Hall–Kier alpha value is -3.48. The number of Topliss-reactive ketones (excluding diaryl/α,β-unsaturated/α-hetero) is 1. The Morgan fingerprint density at radius 3 is 2.68 bits per heavy atom. The molecule has 2 heterocycles. The van der Waals surface area contributed by atoms with Crippen LogP contribution in [-0.2, 0) is 17.6 Å². The van der Waals surface area contributed by atoms with E-state index in [-0.39, 0.29) is 5.78 Å². The van der Waals surface area contributed by atoms with E-state index in [1.807, 2.05) is 44.3 Å². The molecule has 7 heteroatoms. The Morgan fingerprint density at radius 1 is 1.07 bits per heavy atom. The molecule has 2 N–H and O–H groups in total. The summed E-state index contributed by atoms with van der Waals surface area (Å²) >= 11 is 0. The Bertz CT molecular complexity index is 1060. The van der Waals surface area contributed by atoms with Gasteiger partial charge in [0.15, 0.2) is 0 Å². The SMILES string of the molecule is CNc1cc(C)nc(Nc2ccc(OC)c(-c3cc4c(cn3)CC(=O)C4)c2)n1. The van der Waals surface area contributed by atoms with E-state index in [1.54, 1.807) is 13.3 Å². The van der Waals surface area contributed by atoms with Crippen molar-refractivity contribution in [2.45, 2.75) is 19.8 Å². The molecule has 142 valence electrons. The van der Waals surface area contributed by atoms with E-state index in [2.05, 4.69) is 25.6 Å². The molecule has 0 unspecified atom stereocenters. The number of hydrogen-bond acceptors (Lipinski definition) is 7. The lowest BCUT2D eigenvalue weighted by molar-refractivity contribution is -0.117. The molecular weight excluding hydrogens is 354 g/mol. The molecule has 1 aromatic carbocycles. The number of ether oxygens (including phenoxy) is 1. The number of anilines is 3. The molecule has 0 aliphatic heterocycles. The highest BCUT2D eigenvalue weighted by Crippen LogP contribution is 2.34. The minimum absolute atomic E-state index is 0.230. The maximum Gasteiger partial charge on any atom is 0.229 e. The first-order chi connectivity index (χ1) is 13.6. The number of aryl methyl sites for hydroxylation is 1. The maximum atomic E-state index is 11.7. The highest BCUT2D eigenvalue weighted by molar-refractivity contribution is 5.88. The average molecular weight is 375 g/mol. The summed E-state index contributed by atoms with van der Waals surface area (Å²) in [5, 5.41) is 6.27. The number of aromatic nitrogens is 3. The number of methoxy groups -OCH3 is 1. The summed E-state index contributed by atoms with van der Waals surface area (Å²) < 4.78 is 5.53. The maximum absolute atomic E-state index is 11.7. The molecule has 0 saturated heterocycles. The number of ketones is 1. The van der Waals surface area contributed by atoms with Gasteiger partial charge in [0.1, 0.15) is 17.4 Å². The zero-order valence-electron chi connectivity index (χ0n) is 16.0. The van der Waals surface area contributed by atoms with Crippen LogP contribution >= 0.6 is 0 Å². The lowest BCUT2D eigenvalue weighted by atomic mass is 10.1. The van der Waals surface area contributed by atoms with Crippen molar-refractivity contribution in [2.75, 3.05) is 24.8 Å². The first kappa shape index (κ1) is 17.9. The van der Waals surface area contributed by atoms with Crippen molar-refractivity contribution in [1.82, 2.24) is 15.0 Å². The smallest absolute Gasteiger partial charge is 0.229 e. The van der Waals surface area contributed by atoms with Crippen LogP contribution in [0.25, 0.3) is 11.3 Å². The molecule has 7 nitrogen and oxygen atoms in total. The zero-order valence-corrected chi connectivity index (χ0v) is 16.0. The third-order valence-corrected chi connectivity index (χ3v) is 4.70. The van der Waals surface area contributed by atoms with Crippen LogP contribution in [-0.4, -0.2) is 34.9 Å². The third kappa shape index (κ3) is 3.51. The standard InChI is InChI=1S/C21H21N5O2/c1-12-6-20(22-2)26-21(24-12)25-15-4-5-19(28-3)17(10-15)18-9-13-7-16(27)8-14(13)11-23-18/h4-6,9-11H,7-8H2,1-3H3,(H2,22,24,25,26). The van der Waals surface area contributed by atoms with E-state index >= 15 is 0 Å². The molecule has 1 aliphatic carbocycles. The number of nitrogens with one attached hydrogen (secondary N) is 2. The lowest BCUT2D eigenvalue weighted by Gasteiger charge is -2.13. The number of carbonyl (C=O) groups excluding carboxylic acids is 1. The van der Waals surface area contributed by atoms with Crippen LogP contribution in [0.3, 0.4) is 0 Å². The molecule has 4 rings (SSSR count). The summed E-state index contributed by atoms with van der Waals surface area (Å²) in [6.07, 6.45) is 2.73. The summed E-state index contributed by atoms with van der Waals surface area (Å²) in [5.74, 6) is 2.19. The number of nitrogens with zero attached hydrogens (tertiary/aromatic N) is 3. The molecule has 0 bridgehead atoms. The van der Waals surface area contributed by atoms with Crippen LogP contribution in [0.2, 0.25) is 0 Å². The Morgan fingerprint density at radius 2 is 1.89 bits per heavy atom. The molecule has 0 amide bonds. The topological polar surface area (TPSA) is 89.0 Å². The van der Waals surface area contributed by atoms with E-state index < -0.39 is 0 Å². The second-order valence-electron chi connectivity index (χ2n) is 6.74. The van der Waals surface area contributed by atoms with Gasteiger partial charge in [-0.05, 0) is 42.3 Å². The van der Waals surface area contributed by atoms with Crippen molar-refractivity contribution in [3.63, 3.8) is 0 Å². The normalized spacial score (nSPS) is 12.6. The summed E-state index contributed by atoms with van der Waals surface area (Å²) in [6, 6.07) is 9.59. The zero-order chi connectivity index (χ0) is 19.7. The molecule has 2 aromatic heterocycles. The first-order valence-corrected chi connectivity index (χ1v) is 9.04. The van der Waals surface area contributed by atoms with E-state index in [9.17, 15) is 4.79 Å². The molecule has 0 atom stereocenters. The molecule has 0 fully saturated rings. The van der Waals surface area contributed by atoms with Crippen molar-refractivity contribution >= 4 is 23.2 Å². The molecule has 1 aliphatic rings. The van der Waals surface area contributed by atoms with Gasteiger partial charge >= 0.3 is 0 Å². The van der Waals surface area contributed by atoms with Crippen molar-refractivity contribution < 1.29 is 9.53 Å². The fourth-order valence-corrected chi connectivity index (χ4v) is 3.35. The van der Waals surface area contributed by atoms with Gasteiger partial charge in [-0.1, -0.05) is 0 Å². The number of pyridine rings is 1. The van der Waals surface area contributed by atoms with Gasteiger partial charge < -0.3 is 15.4 Å². The van der Waals surface area contributed by atoms with Gasteiger partial charge in [-0.15, -0.1) is 0 Å². The van der Waals surface area contributed by atoms with Gasteiger partial charge in [0.2, 0.25) is 5.95 Å². The summed E-state index contributed by atoms with van der Waals surface area (Å²) in [6.45, 7) is 1.92. The van der Waals surface area contributed by atoms with Crippen molar-refractivity contribution in [2.24, 2.45) is 0 Å². The average Bonchev–Trinajstić information content (AvgIpc) is 3.06. The quantitative estimate of drug-likeness (QED) is 0.707. The fraction of sp³-hybridized carbons (Fsp3) is 0.238. The third-order valence-electron chi connectivity index (χ3n) is 4.70. The largest absolute Gasteiger partial charge is 0.496 e. The number of hydrogen-bond donors (Lipinski definition) is 2. The Balaban J connectivity index is 1.70. The minimum Gasteiger partial charge on any atom is -0.496 e. The molecule has 28 heavy (non-hydrogen) atoms. The molecule has 3 aromatic rings. The summed E-state index contributed by atoms with van der Waals surface area (Å²) in [5.41, 5.74) is 5.35. The Kier molecular flexibility index (Phi) is 4.65. The number of fused-ring (bicyclic) bond motifs is 1. The molecule has 0 saturated carbocycles. The van der Waals surface area contributed by atoms with Gasteiger partial charge in [-0.2, -0.15) is 4.98 Å². The molecule has 0 spiro atoms. The molecular formula is C21H21N5O2. The molecule has 0 radical (unpaired) electrons. The van der Waals surface area contributed by atoms with Gasteiger partial charge in [0, 0.05) is 49.1 Å². The Labute approximate surface area is 163 Å². The van der Waals surface area contributed by atoms with E-state index in [0.717, 1.165) is 39.6 Å². The van der Waals surface area contributed by atoms with Gasteiger partial charge in [-0.3, -0.25) is 9.78 Å². The van der Waals surface area contributed by atoms with Gasteiger partial charge in [0.25, 0.3) is 0 Å². The highest BCUT2D eigenvalue weighted by atomic mass is 16.5. The van der Waals surface area contributed by atoms with Crippen LogP contribution in [0.5, 0.6) is 5.75 Å². The van der Waals surface area contributed by atoms with Gasteiger partial charge in [-0.25, -0.2) is 4.98 Å². The van der Waals surface area contributed by atoms with Crippen LogP contribution in [0.4, 0.5) is 17.5 Å². The minimum atomic E-state index is 0.230. The van der Waals surface area contributed by atoms with Crippen LogP contribution in [0.1, 0.15) is 16.8 Å². The van der Waals surface area contributed by atoms with Crippen LogP contribution in [0.15, 0.2) is 36.5 Å². The number of rotatable bonds is 5. The second kappa shape index (κ2) is 7.26. The van der Waals surface area contributed by atoms with Crippen LogP contribution < -0.4 is 15.4 Å². The highest BCUT2D eigenvalue weighted by Gasteiger charge is 2.20. The predicted octanol–water partition coefficient (Wildman–Crippen LogP) is 3.31. The fourth-order valence-electron chi connectivity index (χ4n) is 3.35. The monoisotopic (exact) mass is 375 g/mol. The van der Waals surface area contributed by atoms with Crippen molar-refractivity contribution in [3.05, 3.63) is 53.3 Å². The first-order valence-electron chi connectivity index (χ1n) is 9.04.